The van der Waals surface area contributed by atoms with Gasteiger partial charge in [0.05, 0.1) is 0 Å². The van der Waals surface area contributed by atoms with Crippen molar-refractivity contribution in [2.24, 2.45) is 0 Å². The molecule has 0 saturated heterocycles. The number of hydrogen-bond donors (Lipinski definition) is 0. The summed E-state index contributed by atoms with van der Waals surface area (Å²) in [5.41, 5.74) is 21.9. The molecule has 242 valence electrons. The summed E-state index contributed by atoms with van der Waals surface area (Å²) in [7, 11) is 0. The topological polar surface area (TPSA) is 25.3 Å². The second-order valence-electron chi connectivity index (χ2n) is 12.2. The van der Waals surface area contributed by atoms with Crippen LogP contribution >= 0.6 is 0 Å². The molecule has 1 aliphatic rings. The van der Waals surface area contributed by atoms with Crippen molar-refractivity contribution in [1.29, 1.82) is 0 Å². The molecule has 0 fully saturated rings. The van der Waals surface area contributed by atoms with Crippen LogP contribution in [0.25, 0.3) is 16.9 Å². The van der Waals surface area contributed by atoms with Crippen LogP contribution in [0, 0.1) is 0 Å². The third kappa shape index (κ3) is 12.6. The van der Waals surface area contributed by atoms with Gasteiger partial charge in [0.15, 0.2) is 0 Å². The Balaban J connectivity index is 0.00000206. The van der Waals surface area contributed by atoms with Crippen molar-refractivity contribution in [2.45, 2.75) is 154 Å². The van der Waals surface area contributed by atoms with Crippen LogP contribution in [-0.4, -0.2) is 4.70 Å². The number of rotatable bonds is 20. The first kappa shape index (κ1) is 37.4. The Kier molecular flexibility index (Phi) is 19.7. The maximum atomic E-state index is 12.0. The van der Waals surface area contributed by atoms with Crippen molar-refractivity contribution in [1.82, 2.24) is 0 Å². The van der Waals surface area contributed by atoms with Gasteiger partial charge in [-0.1, -0.05) is 116 Å². The zero-order valence-corrected chi connectivity index (χ0v) is 30.1. The normalized spacial score (nSPS) is 13.2. The molecule has 2 aromatic rings. The minimum absolute atomic E-state index is 0.950. The van der Waals surface area contributed by atoms with Crippen molar-refractivity contribution >= 4 is 11.4 Å². The number of allylic oxidation sites excluding steroid dienone is 2. The van der Waals surface area contributed by atoms with Gasteiger partial charge in [-0.15, -0.1) is 0 Å². The van der Waals surface area contributed by atoms with Crippen molar-refractivity contribution in [2.75, 3.05) is 0 Å². The molecule has 0 spiro atoms. The predicted molar refractivity (Wildman–Crippen MR) is 186 cm³/mol. The monoisotopic (exact) mass is 676 g/mol. The van der Waals surface area contributed by atoms with Crippen LogP contribution in [0.4, 0.5) is 0 Å². The van der Waals surface area contributed by atoms with E-state index in [4.69, 9.17) is 0 Å². The number of hydrogen-bond acceptors (Lipinski definition) is 0. The second kappa shape index (κ2) is 22.7. The third-order valence-corrected chi connectivity index (χ3v) is 8.46. The van der Waals surface area contributed by atoms with Gasteiger partial charge in [-0.25, -0.2) is 4.70 Å². The van der Waals surface area contributed by atoms with E-state index >= 15 is 0 Å². The molecule has 0 aliphatic carbocycles. The van der Waals surface area contributed by atoms with Gasteiger partial charge in [-0.3, -0.25) is 0 Å². The Morgan fingerprint density at radius 3 is 1.30 bits per heavy atom. The van der Waals surface area contributed by atoms with E-state index in [-0.39, 0.29) is 0 Å². The number of aryl methyl sites for hydroxylation is 2. The quantitative estimate of drug-likeness (QED) is 0.0757. The van der Waals surface area contributed by atoms with E-state index in [0.29, 0.717) is 0 Å². The zero-order chi connectivity index (χ0) is 31.3. The van der Waals surface area contributed by atoms with Crippen molar-refractivity contribution in [3.63, 3.8) is 0 Å². The van der Waals surface area contributed by atoms with Crippen LogP contribution in [0.3, 0.4) is 0 Å². The summed E-state index contributed by atoms with van der Waals surface area (Å²) in [5.74, 6) is 0. The molecule has 0 unspecified atom stereocenters. The first-order valence-corrected chi connectivity index (χ1v) is 20.5. The molecule has 2 aromatic carbocycles. The summed E-state index contributed by atoms with van der Waals surface area (Å²) >= 11 is 0.950. The summed E-state index contributed by atoms with van der Waals surface area (Å²) in [6.07, 6.45) is 21.8. The van der Waals surface area contributed by atoms with Gasteiger partial charge >= 0.3 is 28.8 Å². The van der Waals surface area contributed by atoms with Gasteiger partial charge in [0.1, 0.15) is 0 Å². The summed E-state index contributed by atoms with van der Waals surface area (Å²) in [6, 6.07) is 18.0. The molecule has 3 heteroatoms. The molecule has 0 aromatic heterocycles. The van der Waals surface area contributed by atoms with Crippen LogP contribution in [0.5, 0.6) is 0 Å². The molecular weight excluding hydrogens is 615 g/mol. The van der Waals surface area contributed by atoms with Gasteiger partial charge in [0, 0.05) is 22.3 Å². The summed E-state index contributed by atoms with van der Waals surface area (Å²) in [4.78, 5) is 0. The van der Waals surface area contributed by atoms with Crippen molar-refractivity contribution < 1.29 is 22.7 Å². The summed E-state index contributed by atoms with van der Waals surface area (Å²) in [5, 5.41) is 4.35. The van der Waals surface area contributed by atoms with Gasteiger partial charge in [0.2, 0.25) is 11.4 Å². The van der Waals surface area contributed by atoms with Crippen molar-refractivity contribution in [3.8, 4) is 0 Å². The van der Waals surface area contributed by atoms with E-state index in [1.165, 1.54) is 123 Å². The Morgan fingerprint density at radius 1 is 0.512 bits per heavy atom. The molecule has 0 radical (unpaired) electrons. The zero-order valence-electron chi connectivity index (χ0n) is 28.6. The van der Waals surface area contributed by atoms with Gasteiger partial charge in [0.25, 0.3) is 0 Å². The molecule has 0 bridgehead atoms. The standard InChI is InChI=1S/C38H56N2.2CH3.Pd/c1-5-9-13-15-16-18-28-36-35(27-17-14-10-6-2)37(33-25-19-23-31(29-33)21-11-7-3)40(39)38(36)34-26-20-24-32(30-34)22-12-8-4;;;/h19-20,23-26,29-30H,5-18,21-22,27-28H2,1-4H3;2*1H3;. The van der Waals surface area contributed by atoms with E-state index < -0.39 is 0 Å². The van der Waals surface area contributed by atoms with Crippen LogP contribution in [0.1, 0.15) is 153 Å². The summed E-state index contributed by atoms with van der Waals surface area (Å²) in [6.45, 7) is 9.08. The predicted octanol–water partition coefficient (Wildman–Crippen LogP) is 13.4. The molecular formula is C40H62N2Pd. The van der Waals surface area contributed by atoms with E-state index in [2.05, 4.69) is 87.0 Å². The maximum absolute atomic E-state index is 12.0. The van der Waals surface area contributed by atoms with Crippen LogP contribution in [-0.2, 0) is 30.8 Å². The van der Waals surface area contributed by atoms with Crippen molar-refractivity contribution in [3.05, 3.63) is 87.5 Å². The molecule has 0 amide bonds. The summed E-state index contributed by atoms with van der Waals surface area (Å²) < 4.78 is 1.58. The Hall–Kier alpha value is -1.82. The average molecular weight is 677 g/mol. The SMILES string of the molecule is CCCCCCCCC1=C(c2cccc(CCCC)c2)[N+](=[N-])C(c2cccc(CCCC)c2)=C1CCCCCC.[CH3][Pd][CH3]. The third-order valence-electron chi connectivity index (χ3n) is 8.46. The van der Waals surface area contributed by atoms with E-state index in [9.17, 15) is 5.53 Å². The van der Waals surface area contributed by atoms with E-state index in [0.717, 1.165) is 55.1 Å². The fourth-order valence-electron chi connectivity index (χ4n) is 6.11. The van der Waals surface area contributed by atoms with Gasteiger partial charge in [-0.2, -0.15) is 0 Å². The fraction of sp³-hybridized carbons (Fsp3) is 0.600. The van der Waals surface area contributed by atoms with E-state index in [1.54, 1.807) is 4.70 Å². The van der Waals surface area contributed by atoms with Gasteiger partial charge in [-0.05, 0) is 86.8 Å². The molecule has 0 saturated carbocycles. The van der Waals surface area contributed by atoms with Crippen LogP contribution < -0.4 is 0 Å². The second-order valence-corrected chi connectivity index (χ2v) is 13.8. The Bertz CT molecular complexity index is 1140. The number of nitrogens with zero attached hydrogens (tertiary/aromatic N) is 2. The molecule has 0 N–H and O–H groups in total. The molecule has 1 aliphatic heterocycles. The van der Waals surface area contributed by atoms with Gasteiger partial charge < -0.3 is 5.53 Å². The molecule has 43 heavy (non-hydrogen) atoms. The average Bonchev–Trinajstić information content (AvgIpc) is 3.30. The number of unbranched alkanes of at least 4 members (excludes halogenated alkanes) is 10. The van der Waals surface area contributed by atoms with Crippen LogP contribution in [0.15, 0.2) is 59.7 Å². The first-order chi connectivity index (χ1) is 21.1. The fourth-order valence-corrected chi connectivity index (χ4v) is 6.11. The Labute approximate surface area is 274 Å². The molecule has 2 nitrogen and oxygen atoms in total. The minimum atomic E-state index is 0.950. The van der Waals surface area contributed by atoms with E-state index in [1.807, 2.05) is 0 Å². The number of benzene rings is 2. The Morgan fingerprint density at radius 2 is 0.884 bits per heavy atom. The molecule has 3 rings (SSSR count). The first-order valence-electron chi connectivity index (χ1n) is 17.4. The molecule has 0 atom stereocenters. The molecule has 1 heterocycles. The van der Waals surface area contributed by atoms with Crippen LogP contribution in [0.2, 0.25) is 10.8 Å².